The number of Topliss-reactive ketones (excluding diaryl/α,β-unsaturated/α-hetero) is 1. The highest BCUT2D eigenvalue weighted by Gasteiger charge is 2.47. The number of aliphatic hydroxyl groups excluding tert-OH is 1. The van der Waals surface area contributed by atoms with Crippen molar-refractivity contribution >= 4 is 28.8 Å². The number of carbonyl (C=O) groups excluding carboxylic acids is 2. The number of ketones is 1. The predicted molar refractivity (Wildman–Crippen MR) is 146 cm³/mol. The molecule has 0 saturated carbocycles. The average Bonchev–Trinajstić information content (AvgIpc) is 3.56. The van der Waals surface area contributed by atoms with E-state index in [2.05, 4.69) is 4.90 Å². The molecule has 7 heteroatoms. The molecule has 3 aromatic rings. The zero-order valence-electron chi connectivity index (χ0n) is 21.8. The fourth-order valence-electron chi connectivity index (χ4n) is 5.35. The van der Waals surface area contributed by atoms with E-state index in [4.69, 9.17) is 4.74 Å². The molecule has 0 radical (unpaired) electrons. The van der Waals surface area contributed by atoms with Gasteiger partial charge in [-0.3, -0.25) is 14.5 Å². The van der Waals surface area contributed by atoms with E-state index in [1.54, 1.807) is 37.4 Å². The van der Waals surface area contributed by atoms with Gasteiger partial charge < -0.3 is 14.7 Å². The molecular formula is C31H31FN2O4. The van der Waals surface area contributed by atoms with E-state index < -0.39 is 23.5 Å². The van der Waals surface area contributed by atoms with Gasteiger partial charge in [0.15, 0.2) is 0 Å². The number of methoxy groups -OCH3 is 1. The number of hydrogen-bond donors (Lipinski definition) is 1. The zero-order chi connectivity index (χ0) is 27.0. The molecule has 196 valence electrons. The average molecular weight is 515 g/mol. The van der Waals surface area contributed by atoms with Crippen molar-refractivity contribution in [3.63, 3.8) is 0 Å². The summed E-state index contributed by atoms with van der Waals surface area (Å²) >= 11 is 0. The minimum Gasteiger partial charge on any atom is -0.507 e. The third-order valence-corrected chi connectivity index (χ3v) is 7.35. The fourth-order valence-corrected chi connectivity index (χ4v) is 5.35. The summed E-state index contributed by atoms with van der Waals surface area (Å²) in [5, 5.41) is 11.5. The Kier molecular flexibility index (Phi) is 6.93. The summed E-state index contributed by atoms with van der Waals surface area (Å²) in [5.41, 5.74) is 3.34. The van der Waals surface area contributed by atoms with Crippen LogP contribution >= 0.6 is 0 Å². The molecule has 38 heavy (non-hydrogen) atoms. The quantitative estimate of drug-likeness (QED) is 0.242. The lowest BCUT2D eigenvalue weighted by Crippen LogP contribution is -2.29. The van der Waals surface area contributed by atoms with Crippen molar-refractivity contribution in [2.75, 3.05) is 30.0 Å². The standard InChI is InChI=1S/C31H31FN2O4/c1-19(2)25-18-21(8-15-26(25)38-3)29(35)27-28(20-6-9-22(32)10-7-20)34(31(37)30(27)36)24-13-11-23(12-14-24)33-16-4-5-17-33/h6-15,18-19,28,35H,4-5,16-17H2,1-3H3/b29-27-. The number of carbonyl (C=O) groups is 2. The molecule has 3 aromatic carbocycles. The SMILES string of the molecule is COc1ccc(/C(O)=C2/C(=O)C(=O)N(c3ccc(N4CCCC4)cc3)C2c2ccc(F)cc2)cc1C(C)C. The normalized spacial score (nSPS) is 19.0. The van der Waals surface area contributed by atoms with Crippen LogP contribution in [0.4, 0.5) is 15.8 Å². The van der Waals surface area contributed by atoms with Crippen LogP contribution < -0.4 is 14.5 Å². The Morgan fingerprint density at radius 3 is 2.18 bits per heavy atom. The largest absolute Gasteiger partial charge is 0.507 e. The van der Waals surface area contributed by atoms with Gasteiger partial charge in [0.1, 0.15) is 17.3 Å². The highest BCUT2D eigenvalue weighted by atomic mass is 19.1. The number of ether oxygens (including phenoxy) is 1. The summed E-state index contributed by atoms with van der Waals surface area (Å²) in [6.45, 7) is 5.98. The Labute approximate surface area is 222 Å². The van der Waals surface area contributed by atoms with Crippen LogP contribution in [0.15, 0.2) is 72.3 Å². The van der Waals surface area contributed by atoms with Gasteiger partial charge in [0.25, 0.3) is 11.7 Å². The van der Waals surface area contributed by atoms with E-state index in [1.807, 2.05) is 38.1 Å². The lowest BCUT2D eigenvalue weighted by Gasteiger charge is -2.26. The highest BCUT2D eigenvalue weighted by Crippen LogP contribution is 2.43. The predicted octanol–water partition coefficient (Wildman–Crippen LogP) is 6.18. The zero-order valence-corrected chi connectivity index (χ0v) is 21.8. The molecule has 2 heterocycles. The number of aliphatic hydroxyl groups is 1. The van der Waals surface area contributed by atoms with Gasteiger partial charge >= 0.3 is 0 Å². The summed E-state index contributed by atoms with van der Waals surface area (Å²) in [7, 11) is 1.58. The summed E-state index contributed by atoms with van der Waals surface area (Å²) in [4.78, 5) is 30.6. The molecule has 0 aliphatic carbocycles. The lowest BCUT2D eigenvalue weighted by molar-refractivity contribution is -0.132. The van der Waals surface area contributed by atoms with E-state index >= 15 is 0 Å². The molecule has 2 aliphatic rings. The first-order valence-corrected chi connectivity index (χ1v) is 12.9. The van der Waals surface area contributed by atoms with Gasteiger partial charge in [0.2, 0.25) is 0 Å². The van der Waals surface area contributed by atoms with Crippen molar-refractivity contribution in [3.8, 4) is 5.75 Å². The molecule has 5 rings (SSSR count). The van der Waals surface area contributed by atoms with Crippen LogP contribution in [0, 0.1) is 5.82 Å². The lowest BCUT2D eigenvalue weighted by atomic mass is 9.93. The molecule has 1 amide bonds. The van der Waals surface area contributed by atoms with Gasteiger partial charge in [-0.05, 0) is 84.5 Å². The second-order valence-corrected chi connectivity index (χ2v) is 10.0. The smallest absolute Gasteiger partial charge is 0.300 e. The summed E-state index contributed by atoms with van der Waals surface area (Å²) in [6, 6.07) is 17.4. The topological polar surface area (TPSA) is 70.1 Å². The van der Waals surface area contributed by atoms with Gasteiger partial charge in [0, 0.05) is 30.0 Å². The fraction of sp³-hybridized carbons (Fsp3) is 0.290. The van der Waals surface area contributed by atoms with Gasteiger partial charge in [0.05, 0.1) is 18.7 Å². The third-order valence-electron chi connectivity index (χ3n) is 7.35. The Morgan fingerprint density at radius 1 is 0.947 bits per heavy atom. The van der Waals surface area contributed by atoms with Crippen LogP contribution in [-0.2, 0) is 9.59 Å². The molecule has 0 spiro atoms. The van der Waals surface area contributed by atoms with Gasteiger partial charge in [-0.25, -0.2) is 4.39 Å². The summed E-state index contributed by atoms with van der Waals surface area (Å²) in [5.74, 6) is -1.47. The molecule has 1 unspecified atom stereocenters. The highest BCUT2D eigenvalue weighted by molar-refractivity contribution is 6.51. The van der Waals surface area contributed by atoms with E-state index in [1.165, 1.54) is 17.0 Å². The van der Waals surface area contributed by atoms with Crippen molar-refractivity contribution in [1.29, 1.82) is 0 Å². The van der Waals surface area contributed by atoms with Crippen molar-refractivity contribution in [3.05, 3.63) is 94.8 Å². The number of anilines is 2. The third kappa shape index (κ3) is 4.53. The number of benzene rings is 3. The molecule has 0 bridgehead atoms. The van der Waals surface area contributed by atoms with Crippen molar-refractivity contribution in [1.82, 2.24) is 0 Å². The van der Waals surface area contributed by atoms with Crippen molar-refractivity contribution in [2.24, 2.45) is 0 Å². The Morgan fingerprint density at radius 2 is 1.58 bits per heavy atom. The van der Waals surface area contributed by atoms with Gasteiger partial charge in [-0.2, -0.15) is 0 Å². The summed E-state index contributed by atoms with van der Waals surface area (Å²) < 4.78 is 19.3. The van der Waals surface area contributed by atoms with E-state index in [0.717, 1.165) is 37.2 Å². The van der Waals surface area contributed by atoms with E-state index in [0.29, 0.717) is 22.6 Å². The second kappa shape index (κ2) is 10.3. The molecule has 2 fully saturated rings. The molecule has 6 nitrogen and oxygen atoms in total. The number of halogens is 1. The van der Waals surface area contributed by atoms with E-state index in [9.17, 15) is 19.1 Å². The first-order chi connectivity index (χ1) is 18.3. The summed E-state index contributed by atoms with van der Waals surface area (Å²) in [6.07, 6.45) is 2.29. The molecular weight excluding hydrogens is 483 g/mol. The number of rotatable bonds is 6. The van der Waals surface area contributed by atoms with Crippen LogP contribution in [0.1, 0.15) is 55.3 Å². The molecule has 2 aliphatic heterocycles. The van der Waals surface area contributed by atoms with E-state index in [-0.39, 0.29) is 17.3 Å². The molecule has 0 aromatic heterocycles. The van der Waals surface area contributed by atoms with Crippen molar-refractivity contribution < 1.29 is 23.8 Å². The minimum atomic E-state index is -0.919. The Bertz CT molecular complexity index is 1390. The maximum atomic E-state index is 13.8. The van der Waals surface area contributed by atoms with Gasteiger partial charge in [-0.15, -0.1) is 0 Å². The van der Waals surface area contributed by atoms with Crippen LogP contribution in [0.3, 0.4) is 0 Å². The first-order valence-electron chi connectivity index (χ1n) is 12.9. The number of nitrogens with zero attached hydrogens (tertiary/aromatic N) is 2. The van der Waals surface area contributed by atoms with Gasteiger partial charge in [-0.1, -0.05) is 26.0 Å². The van der Waals surface area contributed by atoms with Crippen LogP contribution in [0.2, 0.25) is 0 Å². The monoisotopic (exact) mass is 514 g/mol. The second-order valence-electron chi connectivity index (χ2n) is 10.0. The maximum Gasteiger partial charge on any atom is 0.300 e. The molecule has 1 N–H and O–H groups in total. The Balaban J connectivity index is 1.63. The Hall–Kier alpha value is -4.13. The molecule has 1 atom stereocenters. The van der Waals surface area contributed by atoms with Crippen LogP contribution in [-0.4, -0.2) is 37.0 Å². The van der Waals surface area contributed by atoms with Crippen molar-refractivity contribution in [2.45, 2.75) is 38.6 Å². The number of amides is 1. The maximum absolute atomic E-state index is 13.8. The number of hydrogen-bond acceptors (Lipinski definition) is 5. The molecule has 2 saturated heterocycles. The minimum absolute atomic E-state index is 0.0369. The first kappa shape index (κ1) is 25.5. The van der Waals surface area contributed by atoms with Crippen LogP contribution in [0.5, 0.6) is 5.75 Å². The van der Waals surface area contributed by atoms with Crippen LogP contribution in [0.25, 0.3) is 5.76 Å².